The summed E-state index contributed by atoms with van der Waals surface area (Å²) in [5.41, 5.74) is 1.27. The second kappa shape index (κ2) is 6.82. The van der Waals surface area contributed by atoms with Gasteiger partial charge in [-0.05, 0) is 61.8 Å². The molecule has 2 fully saturated rings. The van der Waals surface area contributed by atoms with E-state index in [4.69, 9.17) is 4.74 Å². The number of benzene rings is 1. The zero-order valence-corrected chi connectivity index (χ0v) is 14.0. The molecule has 0 spiro atoms. The van der Waals surface area contributed by atoms with Gasteiger partial charge in [-0.25, -0.2) is 4.39 Å². The summed E-state index contributed by atoms with van der Waals surface area (Å²) in [6, 6.07) is 9.87. The SMILES string of the molecule is O=C(NC(C1CC1)C1CC1)c1ccc(COc2cccc(F)c2)nc1. The molecule has 0 radical (unpaired) electrons. The Hall–Kier alpha value is -2.43. The van der Waals surface area contributed by atoms with Crippen LogP contribution in [0.5, 0.6) is 5.75 Å². The van der Waals surface area contributed by atoms with Gasteiger partial charge in [-0.15, -0.1) is 0 Å². The molecule has 4 rings (SSSR count). The summed E-state index contributed by atoms with van der Waals surface area (Å²) < 4.78 is 18.6. The van der Waals surface area contributed by atoms with E-state index in [2.05, 4.69) is 10.3 Å². The Labute approximate surface area is 146 Å². The fourth-order valence-corrected chi connectivity index (χ4v) is 3.12. The van der Waals surface area contributed by atoms with E-state index in [0.29, 0.717) is 34.9 Å². The second-order valence-electron chi connectivity index (χ2n) is 6.96. The van der Waals surface area contributed by atoms with Crippen molar-refractivity contribution in [3.05, 3.63) is 59.7 Å². The maximum atomic E-state index is 13.1. The van der Waals surface area contributed by atoms with E-state index in [1.807, 2.05) is 0 Å². The number of halogens is 1. The van der Waals surface area contributed by atoms with Crippen molar-refractivity contribution in [2.24, 2.45) is 11.8 Å². The van der Waals surface area contributed by atoms with Crippen LogP contribution in [0.2, 0.25) is 0 Å². The summed E-state index contributed by atoms with van der Waals surface area (Å²) >= 11 is 0. The molecular formula is C20H21FN2O2. The number of ether oxygens (including phenoxy) is 1. The quantitative estimate of drug-likeness (QED) is 0.836. The fourth-order valence-electron chi connectivity index (χ4n) is 3.12. The first kappa shape index (κ1) is 16.1. The molecule has 1 heterocycles. The van der Waals surface area contributed by atoms with Crippen molar-refractivity contribution in [2.75, 3.05) is 0 Å². The maximum Gasteiger partial charge on any atom is 0.253 e. The summed E-state index contributed by atoms with van der Waals surface area (Å²) in [5.74, 6) is 1.42. The third kappa shape index (κ3) is 4.16. The van der Waals surface area contributed by atoms with Gasteiger partial charge >= 0.3 is 0 Å². The Morgan fingerprint density at radius 2 is 1.96 bits per heavy atom. The molecule has 2 aliphatic carbocycles. The minimum absolute atomic E-state index is 0.0473. The van der Waals surface area contributed by atoms with E-state index < -0.39 is 0 Å². The van der Waals surface area contributed by atoms with E-state index in [0.717, 1.165) is 0 Å². The molecule has 0 bridgehead atoms. The molecule has 0 unspecified atom stereocenters. The minimum Gasteiger partial charge on any atom is -0.487 e. The first-order valence-electron chi connectivity index (χ1n) is 8.83. The van der Waals surface area contributed by atoms with Crippen molar-refractivity contribution in [2.45, 2.75) is 38.3 Å². The summed E-state index contributed by atoms with van der Waals surface area (Å²) in [7, 11) is 0. The van der Waals surface area contributed by atoms with Gasteiger partial charge in [0.2, 0.25) is 0 Å². The number of hydrogen-bond donors (Lipinski definition) is 1. The first-order valence-corrected chi connectivity index (χ1v) is 8.83. The summed E-state index contributed by atoms with van der Waals surface area (Å²) in [5, 5.41) is 3.19. The van der Waals surface area contributed by atoms with Crippen molar-refractivity contribution in [1.29, 1.82) is 0 Å². The monoisotopic (exact) mass is 340 g/mol. The van der Waals surface area contributed by atoms with Gasteiger partial charge in [0, 0.05) is 18.3 Å². The highest BCUT2D eigenvalue weighted by Gasteiger charge is 2.42. The van der Waals surface area contributed by atoms with Crippen molar-refractivity contribution in [3.8, 4) is 5.75 Å². The predicted octanol–water partition coefficient (Wildman–Crippen LogP) is 3.72. The second-order valence-corrected chi connectivity index (χ2v) is 6.96. The Morgan fingerprint density at radius 3 is 2.56 bits per heavy atom. The third-order valence-electron chi connectivity index (χ3n) is 4.83. The Morgan fingerprint density at radius 1 is 1.20 bits per heavy atom. The number of hydrogen-bond acceptors (Lipinski definition) is 3. The highest BCUT2D eigenvalue weighted by atomic mass is 19.1. The first-order chi connectivity index (χ1) is 12.2. The summed E-state index contributed by atoms with van der Waals surface area (Å²) in [4.78, 5) is 16.7. The minimum atomic E-state index is -0.335. The topological polar surface area (TPSA) is 51.2 Å². The number of amides is 1. The number of carbonyl (C=O) groups is 1. The van der Waals surface area contributed by atoms with Gasteiger partial charge in [-0.3, -0.25) is 9.78 Å². The smallest absolute Gasteiger partial charge is 0.253 e. The van der Waals surface area contributed by atoms with Crippen LogP contribution in [0.4, 0.5) is 4.39 Å². The summed E-state index contributed by atoms with van der Waals surface area (Å²) in [6.07, 6.45) is 6.51. The molecule has 2 saturated carbocycles. The molecule has 0 atom stereocenters. The molecule has 1 amide bonds. The number of rotatable bonds is 7. The average Bonchev–Trinajstić information content (AvgIpc) is 3.51. The molecule has 0 saturated heterocycles. The van der Waals surface area contributed by atoms with Crippen LogP contribution in [0.3, 0.4) is 0 Å². The Kier molecular flexibility index (Phi) is 4.38. The van der Waals surface area contributed by atoms with E-state index in [9.17, 15) is 9.18 Å². The lowest BCUT2D eigenvalue weighted by molar-refractivity contribution is 0.0926. The average molecular weight is 340 g/mol. The van der Waals surface area contributed by atoms with Crippen LogP contribution in [0, 0.1) is 17.7 Å². The Balaban J connectivity index is 1.33. The van der Waals surface area contributed by atoms with Crippen LogP contribution in [0.15, 0.2) is 42.6 Å². The highest BCUT2D eigenvalue weighted by Crippen LogP contribution is 2.44. The van der Waals surface area contributed by atoms with E-state index in [-0.39, 0.29) is 18.3 Å². The number of pyridine rings is 1. The molecule has 5 heteroatoms. The van der Waals surface area contributed by atoms with Crippen molar-refractivity contribution < 1.29 is 13.9 Å². The zero-order valence-electron chi connectivity index (χ0n) is 14.0. The van der Waals surface area contributed by atoms with Crippen LogP contribution >= 0.6 is 0 Å². The molecular weight excluding hydrogens is 319 g/mol. The van der Waals surface area contributed by atoms with E-state index in [1.54, 1.807) is 30.5 Å². The number of carbonyl (C=O) groups excluding carboxylic acids is 1. The molecule has 4 nitrogen and oxygen atoms in total. The third-order valence-corrected chi connectivity index (χ3v) is 4.83. The number of nitrogens with zero attached hydrogens (tertiary/aromatic N) is 1. The fraction of sp³-hybridized carbons (Fsp3) is 0.400. The van der Waals surface area contributed by atoms with Gasteiger partial charge in [0.25, 0.3) is 5.91 Å². The Bertz CT molecular complexity index is 743. The van der Waals surface area contributed by atoms with Gasteiger partial charge in [-0.1, -0.05) is 6.07 Å². The van der Waals surface area contributed by atoms with Gasteiger partial charge < -0.3 is 10.1 Å². The molecule has 2 aliphatic rings. The number of aromatic nitrogens is 1. The standard InChI is InChI=1S/C20H21FN2O2/c21-16-2-1-3-18(10-16)25-12-17-9-8-15(11-22-17)20(24)23-19(13-4-5-13)14-6-7-14/h1-3,8-11,13-14,19H,4-7,12H2,(H,23,24). The largest absolute Gasteiger partial charge is 0.487 e. The van der Waals surface area contributed by atoms with Crippen molar-refractivity contribution in [1.82, 2.24) is 10.3 Å². The van der Waals surface area contributed by atoms with E-state index >= 15 is 0 Å². The van der Waals surface area contributed by atoms with Gasteiger partial charge in [0.1, 0.15) is 18.2 Å². The molecule has 1 aromatic carbocycles. The lowest BCUT2D eigenvalue weighted by atomic mass is 10.1. The van der Waals surface area contributed by atoms with Crippen LogP contribution in [0.25, 0.3) is 0 Å². The number of nitrogens with one attached hydrogen (secondary N) is 1. The van der Waals surface area contributed by atoms with Crippen LogP contribution < -0.4 is 10.1 Å². The lowest BCUT2D eigenvalue weighted by Gasteiger charge is -2.17. The van der Waals surface area contributed by atoms with Crippen LogP contribution in [-0.4, -0.2) is 16.9 Å². The van der Waals surface area contributed by atoms with Gasteiger partial charge in [0.15, 0.2) is 0 Å². The van der Waals surface area contributed by atoms with Crippen molar-refractivity contribution >= 4 is 5.91 Å². The van der Waals surface area contributed by atoms with Gasteiger partial charge in [-0.2, -0.15) is 0 Å². The highest BCUT2D eigenvalue weighted by molar-refractivity contribution is 5.94. The molecule has 1 aromatic heterocycles. The van der Waals surface area contributed by atoms with Crippen LogP contribution in [0.1, 0.15) is 41.7 Å². The lowest BCUT2D eigenvalue weighted by Crippen LogP contribution is -2.38. The van der Waals surface area contributed by atoms with E-state index in [1.165, 1.54) is 37.8 Å². The molecule has 130 valence electrons. The van der Waals surface area contributed by atoms with Gasteiger partial charge in [0.05, 0.1) is 11.3 Å². The molecule has 25 heavy (non-hydrogen) atoms. The normalized spacial score (nSPS) is 16.7. The molecule has 2 aromatic rings. The zero-order chi connectivity index (χ0) is 17.2. The van der Waals surface area contributed by atoms with Crippen molar-refractivity contribution in [3.63, 3.8) is 0 Å². The maximum absolute atomic E-state index is 13.1. The van der Waals surface area contributed by atoms with Crippen LogP contribution in [-0.2, 0) is 6.61 Å². The predicted molar refractivity (Wildman–Crippen MR) is 91.7 cm³/mol. The molecule has 1 N–H and O–H groups in total. The summed E-state index contributed by atoms with van der Waals surface area (Å²) in [6.45, 7) is 0.234. The molecule has 0 aliphatic heterocycles.